The molecule has 6 aromatic carbocycles. The van der Waals surface area contributed by atoms with Gasteiger partial charge < -0.3 is 18.9 Å². The van der Waals surface area contributed by atoms with E-state index in [2.05, 4.69) is 124 Å². The zero-order chi connectivity index (χ0) is 38.4. The second-order valence-electron chi connectivity index (χ2n) is 13.3. The number of aryl methyl sites for hydroxylation is 2. The molecule has 0 unspecified atom stereocenters. The Kier molecular flexibility index (Phi) is 10.8. The number of esters is 2. The third kappa shape index (κ3) is 6.83. The van der Waals surface area contributed by atoms with Crippen molar-refractivity contribution >= 4 is 11.9 Å². The van der Waals surface area contributed by atoms with E-state index in [4.69, 9.17) is 18.9 Å². The molecule has 0 heterocycles. The molecule has 0 amide bonds. The highest BCUT2D eigenvalue weighted by Gasteiger charge is 2.50. The second kappa shape index (κ2) is 16.1. The van der Waals surface area contributed by atoms with Crippen LogP contribution in [0.25, 0.3) is 33.4 Å². The summed E-state index contributed by atoms with van der Waals surface area (Å²) in [5, 5.41) is 0. The van der Waals surface area contributed by atoms with Gasteiger partial charge in [0.2, 0.25) is 0 Å². The van der Waals surface area contributed by atoms with E-state index in [1.165, 1.54) is 0 Å². The van der Waals surface area contributed by atoms with Crippen molar-refractivity contribution < 1.29 is 28.5 Å². The molecule has 1 aliphatic carbocycles. The maximum Gasteiger partial charge on any atom is 0.330 e. The van der Waals surface area contributed by atoms with Gasteiger partial charge in [0, 0.05) is 34.4 Å². The SMILES string of the molecule is C=CC(=O)OCCOc1c(C2(c3ccc(C)c(-c4ccccc4)c3OCCOC(=O)C=C)c3ccccc3-c3ccccc32)ccc(C)c1-c1ccccc1. The number of benzene rings is 6. The van der Waals surface area contributed by atoms with Crippen LogP contribution in [0.4, 0.5) is 0 Å². The molecular formula is C49H42O6. The van der Waals surface area contributed by atoms with Gasteiger partial charge in [0.05, 0.1) is 5.41 Å². The normalized spacial score (nSPS) is 12.2. The van der Waals surface area contributed by atoms with Crippen LogP contribution in [0.2, 0.25) is 0 Å². The molecule has 0 atom stereocenters. The van der Waals surface area contributed by atoms with Crippen LogP contribution in [0.5, 0.6) is 11.5 Å². The average Bonchev–Trinajstić information content (AvgIpc) is 3.52. The van der Waals surface area contributed by atoms with Crippen molar-refractivity contribution in [3.05, 3.63) is 192 Å². The van der Waals surface area contributed by atoms with Crippen molar-refractivity contribution in [3.8, 4) is 44.9 Å². The van der Waals surface area contributed by atoms with E-state index in [0.717, 1.165) is 78.9 Å². The first-order chi connectivity index (χ1) is 26.9. The number of carbonyl (C=O) groups is 2. The quantitative estimate of drug-likeness (QED) is 0.0631. The Labute approximate surface area is 322 Å². The molecule has 0 N–H and O–H groups in total. The van der Waals surface area contributed by atoms with Gasteiger partial charge in [0.25, 0.3) is 0 Å². The van der Waals surface area contributed by atoms with Crippen molar-refractivity contribution in [3.63, 3.8) is 0 Å². The molecule has 6 heteroatoms. The molecule has 0 spiro atoms. The lowest BCUT2D eigenvalue weighted by Crippen LogP contribution is -2.31. The maximum absolute atomic E-state index is 12.1. The predicted molar refractivity (Wildman–Crippen MR) is 217 cm³/mol. The fourth-order valence-corrected chi connectivity index (χ4v) is 7.83. The standard InChI is InChI=1S/C49H42O6/c1-5-43(50)52-29-31-54-47-41(27-25-33(3)45(47)35-17-9-7-10-18-35)49(39-23-15-13-21-37(39)38-22-14-16-24-40(38)49)42-28-26-34(4)46(36-19-11-8-12-20-36)48(42)55-32-30-53-44(51)6-2/h5-28H,1-2,29-32H2,3-4H3. The number of hydrogen-bond acceptors (Lipinski definition) is 6. The van der Waals surface area contributed by atoms with E-state index >= 15 is 0 Å². The van der Waals surface area contributed by atoms with E-state index in [9.17, 15) is 9.59 Å². The molecule has 0 fully saturated rings. The van der Waals surface area contributed by atoms with E-state index in [-0.39, 0.29) is 26.4 Å². The van der Waals surface area contributed by atoms with Gasteiger partial charge in [-0.1, -0.05) is 147 Å². The van der Waals surface area contributed by atoms with Crippen LogP contribution in [0.15, 0.2) is 159 Å². The van der Waals surface area contributed by atoms with Gasteiger partial charge in [0.15, 0.2) is 0 Å². The van der Waals surface area contributed by atoms with E-state index in [0.29, 0.717) is 11.5 Å². The van der Waals surface area contributed by atoms with Crippen LogP contribution in [0.1, 0.15) is 33.4 Å². The lowest BCUT2D eigenvalue weighted by atomic mass is 9.65. The lowest BCUT2D eigenvalue weighted by Gasteiger charge is -2.38. The van der Waals surface area contributed by atoms with Gasteiger partial charge in [-0.25, -0.2) is 9.59 Å². The van der Waals surface area contributed by atoms with Crippen molar-refractivity contribution in [2.24, 2.45) is 0 Å². The monoisotopic (exact) mass is 726 g/mol. The van der Waals surface area contributed by atoms with Gasteiger partial charge >= 0.3 is 11.9 Å². The first-order valence-corrected chi connectivity index (χ1v) is 18.3. The van der Waals surface area contributed by atoms with Crippen LogP contribution in [-0.4, -0.2) is 38.4 Å². The number of ether oxygens (including phenoxy) is 4. The summed E-state index contributed by atoms with van der Waals surface area (Å²) in [7, 11) is 0. The Balaban J connectivity index is 1.58. The van der Waals surface area contributed by atoms with Crippen molar-refractivity contribution in [2.75, 3.05) is 26.4 Å². The Morgan fingerprint density at radius 3 is 1.27 bits per heavy atom. The summed E-state index contributed by atoms with van der Waals surface area (Å²) in [4.78, 5) is 24.2. The largest absolute Gasteiger partial charge is 0.489 e. The van der Waals surface area contributed by atoms with Gasteiger partial charge in [0.1, 0.15) is 37.9 Å². The Morgan fingerprint density at radius 1 is 0.491 bits per heavy atom. The Hall–Kier alpha value is -6.66. The van der Waals surface area contributed by atoms with Crippen molar-refractivity contribution in [1.82, 2.24) is 0 Å². The highest BCUT2D eigenvalue weighted by atomic mass is 16.6. The summed E-state index contributed by atoms with van der Waals surface area (Å²) in [5.41, 5.74) is 11.0. The minimum absolute atomic E-state index is 0.0348. The van der Waals surface area contributed by atoms with E-state index in [1.807, 2.05) is 36.4 Å². The van der Waals surface area contributed by atoms with Crippen LogP contribution >= 0.6 is 0 Å². The number of carbonyl (C=O) groups excluding carboxylic acids is 2. The van der Waals surface area contributed by atoms with E-state index < -0.39 is 17.4 Å². The summed E-state index contributed by atoms with van der Waals surface area (Å²) in [6, 6.07) is 46.0. The second-order valence-corrected chi connectivity index (χ2v) is 13.3. The number of rotatable bonds is 14. The molecule has 0 saturated carbocycles. The Bertz CT molecular complexity index is 2210. The van der Waals surface area contributed by atoms with Gasteiger partial charge in [-0.2, -0.15) is 0 Å². The maximum atomic E-state index is 12.1. The fourth-order valence-electron chi connectivity index (χ4n) is 7.83. The molecule has 7 rings (SSSR count). The molecule has 0 aliphatic heterocycles. The number of fused-ring (bicyclic) bond motifs is 3. The minimum Gasteiger partial charge on any atom is -0.489 e. The van der Waals surface area contributed by atoms with Crippen LogP contribution < -0.4 is 9.47 Å². The summed E-state index contributed by atoms with van der Waals surface area (Å²) in [6.07, 6.45) is 2.30. The molecular weight excluding hydrogens is 685 g/mol. The van der Waals surface area contributed by atoms with Crippen molar-refractivity contribution in [2.45, 2.75) is 19.3 Å². The average molecular weight is 727 g/mol. The predicted octanol–water partition coefficient (Wildman–Crippen LogP) is 10.2. The molecule has 1 aliphatic rings. The van der Waals surface area contributed by atoms with Crippen LogP contribution in [0, 0.1) is 13.8 Å². The first-order valence-electron chi connectivity index (χ1n) is 18.3. The summed E-state index contributed by atoms with van der Waals surface area (Å²) < 4.78 is 24.6. The first kappa shape index (κ1) is 36.7. The molecule has 274 valence electrons. The molecule has 6 nitrogen and oxygen atoms in total. The summed E-state index contributed by atoms with van der Waals surface area (Å²) in [6.45, 7) is 11.5. The number of hydrogen-bond donors (Lipinski definition) is 0. The van der Waals surface area contributed by atoms with E-state index in [1.54, 1.807) is 0 Å². The zero-order valence-corrected chi connectivity index (χ0v) is 31.0. The summed E-state index contributed by atoms with van der Waals surface area (Å²) >= 11 is 0. The van der Waals surface area contributed by atoms with Gasteiger partial charge in [-0.3, -0.25) is 0 Å². The lowest BCUT2D eigenvalue weighted by molar-refractivity contribution is -0.139. The highest BCUT2D eigenvalue weighted by molar-refractivity contribution is 5.91. The zero-order valence-electron chi connectivity index (χ0n) is 31.0. The smallest absolute Gasteiger partial charge is 0.330 e. The third-order valence-corrected chi connectivity index (χ3v) is 10.1. The Morgan fingerprint density at radius 2 is 0.873 bits per heavy atom. The molecule has 0 saturated heterocycles. The third-order valence-electron chi connectivity index (χ3n) is 10.1. The van der Waals surface area contributed by atoms with Gasteiger partial charge in [-0.05, 0) is 58.4 Å². The summed E-state index contributed by atoms with van der Waals surface area (Å²) in [5.74, 6) is 0.306. The highest BCUT2D eigenvalue weighted by Crippen LogP contribution is 2.61. The minimum atomic E-state index is -0.970. The fraction of sp³-hybridized carbons (Fsp3) is 0.143. The van der Waals surface area contributed by atoms with Crippen LogP contribution in [-0.2, 0) is 24.5 Å². The molecule has 55 heavy (non-hydrogen) atoms. The molecule has 6 aromatic rings. The van der Waals surface area contributed by atoms with Gasteiger partial charge in [-0.15, -0.1) is 0 Å². The molecule has 0 aromatic heterocycles. The molecule has 0 bridgehead atoms. The van der Waals surface area contributed by atoms with Crippen molar-refractivity contribution in [1.29, 1.82) is 0 Å². The van der Waals surface area contributed by atoms with Crippen LogP contribution in [0.3, 0.4) is 0 Å². The molecule has 0 radical (unpaired) electrons. The topological polar surface area (TPSA) is 71.1 Å².